The number of amides is 2. The van der Waals surface area contributed by atoms with Gasteiger partial charge in [-0.25, -0.2) is 0 Å². The van der Waals surface area contributed by atoms with Gasteiger partial charge in [0.25, 0.3) is 0 Å². The van der Waals surface area contributed by atoms with Crippen molar-refractivity contribution < 1.29 is 14.3 Å². The van der Waals surface area contributed by atoms with Gasteiger partial charge in [0, 0.05) is 17.8 Å². The fraction of sp³-hybridized carbons (Fsp3) is 0.263. The number of carbonyl (C=O) groups is 2. The number of hydrogen-bond acceptors (Lipinski definition) is 3. The predicted octanol–water partition coefficient (Wildman–Crippen LogP) is 3.59. The molecular formula is C19H19ClN2O3. The summed E-state index contributed by atoms with van der Waals surface area (Å²) in [4.78, 5) is 26.6. The number of rotatable bonds is 5. The number of nitrogens with one attached hydrogen (secondary N) is 1. The van der Waals surface area contributed by atoms with E-state index in [2.05, 4.69) is 5.32 Å². The van der Waals surface area contributed by atoms with E-state index in [4.69, 9.17) is 16.3 Å². The number of methoxy groups -OCH3 is 1. The number of nitrogens with zero attached hydrogens (tertiary/aromatic N) is 1. The van der Waals surface area contributed by atoms with Crippen LogP contribution in [0.4, 0.5) is 11.4 Å². The molecule has 0 aromatic heterocycles. The van der Waals surface area contributed by atoms with Crippen molar-refractivity contribution in [3.8, 4) is 5.75 Å². The molecule has 130 valence electrons. The van der Waals surface area contributed by atoms with Crippen molar-refractivity contribution in [3.05, 3.63) is 53.6 Å². The van der Waals surface area contributed by atoms with Crippen molar-refractivity contribution in [3.63, 3.8) is 0 Å². The summed E-state index contributed by atoms with van der Waals surface area (Å²) in [5, 5.41) is 3.31. The lowest BCUT2D eigenvalue weighted by Gasteiger charge is -2.17. The van der Waals surface area contributed by atoms with Crippen LogP contribution >= 0.6 is 11.6 Å². The second-order valence-corrected chi connectivity index (χ2v) is 6.45. The van der Waals surface area contributed by atoms with E-state index in [1.807, 2.05) is 30.3 Å². The zero-order valence-electron chi connectivity index (χ0n) is 14.0. The van der Waals surface area contributed by atoms with E-state index in [0.717, 1.165) is 5.69 Å². The average Bonchev–Trinajstić information content (AvgIpc) is 3.42. The molecule has 3 rings (SSSR count). The standard InChI is InChI=1S/C19H19ClN2O3/c1-22(13-6-4-3-5-7-13)19(24)15-11-14(15)18(23)21-16-10-12(20)8-9-17(16)25-2/h3-10,14-15H,11H2,1-2H3,(H,21,23). The van der Waals surface area contributed by atoms with Crippen molar-refractivity contribution in [2.45, 2.75) is 6.42 Å². The Kier molecular flexibility index (Phi) is 4.95. The largest absolute Gasteiger partial charge is 0.495 e. The van der Waals surface area contributed by atoms with Crippen LogP contribution in [0, 0.1) is 11.8 Å². The Labute approximate surface area is 151 Å². The highest BCUT2D eigenvalue weighted by Gasteiger charge is 2.49. The highest BCUT2D eigenvalue weighted by molar-refractivity contribution is 6.31. The van der Waals surface area contributed by atoms with Gasteiger partial charge in [0.05, 0.1) is 24.6 Å². The first-order valence-electron chi connectivity index (χ1n) is 7.98. The van der Waals surface area contributed by atoms with Crippen LogP contribution in [0.2, 0.25) is 5.02 Å². The van der Waals surface area contributed by atoms with Crippen LogP contribution in [-0.2, 0) is 9.59 Å². The summed E-state index contributed by atoms with van der Waals surface area (Å²) in [5.41, 5.74) is 1.32. The van der Waals surface area contributed by atoms with Crippen molar-refractivity contribution in [1.29, 1.82) is 0 Å². The van der Waals surface area contributed by atoms with Gasteiger partial charge in [0.1, 0.15) is 5.75 Å². The first kappa shape index (κ1) is 17.3. The second-order valence-electron chi connectivity index (χ2n) is 6.02. The highest BCUT2D eigenvalue weighted by Crippen LogP contribution is 2.42. The molecule has 1 fully saturated rings. The zero-order valence-corrected chi connectivity index (χ0v) is 14.8. The fourth-order valence-corrected chi connectivity index (χ4v) is 2.96. The molecule has 1 saturated carbocycles. The Balaban J connectivity index is 1.64. The zero-order chi connectivity index (χ0) is 18.0. The summed E-state index contributed by atoms with van der Waals surface area (Å²) < 4.78 is 5.22. The lowest BCUT2D eigenvalue weighted by molar-refractivity contribution is -0.123. The lowest BCUT2D eigenvalue weighted by atomic mass is 10.2. The Morgan fingerprint density at radius 1 is 1.16 bits per heavy atom. The minimum atomic E-state index is -0.331. The lowest BCUT2D eigenvalue weighted by Crippen LogP contribution is -2.29. The van der Waals surface area contributed by atoms with Crippen molar-refractivity contribution in [1.82, 2.24) is 0 Å². The van der Waals surface area contributed by atoms with Crippen LogP contribution in [0.1, 0.15) is 6.42 Å². The van der Waals surface area contributed by atoms with Gasteiger partial charge in [0.15, 0.2) is 0 Å². The molecule has 2 unspecified atom stereocenters. The number of ether oxygens (including phenoxy) is 1. The third-order valence-electron chi connectivity index (χ3n) is 4.34. The van der Waals surface area contributed by atoms with Gasteiger partial charge in [-0.15, -0.1) is 0 Å². The minimum Gasteiger partial charge on any atom is -0.495 e. The molecule has 1 aliphatic carbocycles. The van der Waals surface area contributed by atoms with Crippen molar-refractivity contribution in [2.75, 3.05) is 24.4 Å². The van der Waals surface area contributed by atoms with E-state index in [0.29, 0.717) is 22.9 Å². The van der Waals surface area contributed by atoms with Crippen LogP contribution in [0.3, 0.4) is 0 Å². The third kappa shape index (κ3) is 3.77. The molecule has 2 atom stereocenters. The molecule has 0 spiro atoms. The van der Waals surface area contributed by atoms with E-state index in [9.17, 15) is 9.59 Å². The number of benzene rings is 2. The summed E-state index contributed by atoms with van der Waals surface area (Å²) in [5.74, 6) is -0.342. The quantitative estimate of drug-likeness (QED) is 0.888. The first-order chi connectivity index (χ1) is 12.0. The maximum atomic E-state index is 12.6. The Hall–Kier alpha value is -2.53. The highest BCUT2D eigenvalue weighted by atomic mass is 35.5. The summed E-state index contributed by atoms with van der Waals surface area (Å²) in [6.07, 6.45) is 0.546. The summed E-state index contributed by atoms with van der Waals surface area (Å²) >= 11 is 5.97. The maximum Gasteiger partial charge on any atom is 0.230 e. The van der Waals surface area contributed by atoms with Gasteiger partial charge < -0.3 is 15.0 Å². The van der Waals surface area contributed by atoms with E-state index in [1.54, 1.807) is 30.1 Å². The molecule has 0 bridgehead atoms. The van der Waals surface area contributed by atoms with Crippen LogP contribution in [0.15, 0.2) is 48.5 Å². The van der Waals surface area contributed by atoms with E-state index in [1.165, 1.54) is 7.11 Å². The molecule has 2 aromatic carbocycles. The molecule has 0 heterocycles. The van der Waals surface area contributed by atoms with E-state index < -0.39 is 0 Å². The fourth-order valence-electron chi connectivity index (χ4n) is 2.79. The number of halogens is 1. The molecular weight excluding hydrogens is 340 g/mol. The third-order valence-corrected chi connectivity index (χ3v) is 4.57. The molecule has 2 aromatic rings. The van der Waals surface area contributed by atoms with Crippen molar-refractivity contribution >= 4 is 34.8 Å². The number of carbonyl (C=O) groups excluding carboxylic acids is 2. The molecule has 1 N–H and O–H groups in total. The van der Waals surface area contributed by atoms with Crippen molar-refractivity contribution in [2.24, 2.45) is 11.8 Å². The Bertz CT molecular complexity index is 795. The maximum absolute atomic E-state index is 12.6. The van der Waals surface area contributed by atoms with Gasteiger partial charge in [-0.3, -0.25) is 9.59 Å². The van der Waals surface area contributed by atoms with Gasteiger partial charge in [-0.05, 0) is 36.8 Å². The van der Waals surface area contributed by atoms with Crippen LogP contribution in [0.25, 0.3) is 0 Å². The van der Waals surface area contributed by atoms with Gasteiger partial charge in [-0.2, -0.15) is 0 Å². The van der Waals surface area contributed by atoms with E-state index in [-0.39, 0.29) is 23.7 Å². The molecule has 0 radical (unpaired) electrons. The Morgan fingerprint density at radius 2 is 1.88 bits per heavy atom. The average molecular weight is 359 g/mol. The molecule has 0 saturated heterocycles. The number of hydrogen-bond donors (Lipinski definition) is 1. The monoisotopic (exact) mass is 358 g/mol. The summed E-state index contributed by atoms with van der Waals surface area (Å²) in [6.45, 7) is 0. The van der Waals surface area contributed by atoms with Gasteiger partial charge in [0.2, 0.25) is 11.8 Å². The molecule has 25 heavy (non-hydrogen) atoms. The minimum absolute atomic E-state index is 0.0515. The topological polar surface area (TPSA) is 58.6 Å². The second kappa shape index (κ2) is 7.15. The Morgan fingerprint density at radius 3 is 2.56 bits per heavy atom. The molecule has 5 nitrogen and oxygen atoms in total. The van der Waals surface area contributed by atoms with Crippen LogP contribution < -0.4 is 15.0 Å². The molecule has 6 heteroatoms. The summed E-state index contributed by atoms with van der Waals surface area (Å²) in [7, 11) is 3.25. The smallest absolute Gasteiger partial charge is 0.230 e. The van der Waals surface area contributed by atoms with Crippen LogP contribution in [0.5, 0.6) is 5.75 Å². The predicted molar refractivity (Wildman–Crippen MR) is 98.1 cm³/mol. The van der Waals surface area contributed by atoms with Gasteiger partial charge >= 0.3 is 0 Å². The van der Waals surface area contributed by atoms with E-state index >= 15 is 0 Å². The SMILES string of the molecule is COc1ccc(Cl)cc1NC(=O)C1CC1C(=O)N(C)c1ccccc1. The first-order valence-corrected chi connectivity index (χ1v) is 8.36. The molecule has 0 aliphatic heterocycles. The van der Waals surface area contributed by atoms with Gasteiger partial charge in [-0.1, -0.05) is 29.8 Å². The number of para-hydroxylation sites is 1. The molecule has 1 aliphatic rings. The molecule has 2 amide bonds. The summed E-state index contributed by atoms with van der Waals surface area (Å²) in [6, 6.07) is 14.4. The number of anilines is 2. The normalized spacial score (nSPS) is 18.4. The van der Waals surface area contributed by atoms with Crippen LogP contribution in [-0.4, -0.2) is 26.0 Å².